The molecule has 106 valence electrons. The van der Waals surface area contributed by atoms with Crippen molar-refractivity contribution in [2.75, 3.05) is 36.5 Å². The molecule has 0 atom stereocenters. The molecule has 0 amide bonds. The summed E-state index contributed by atoms with van der Waals surface area (Å²) >= 11 is 0. The largest absolute Gasteiger partial charge is 0.358 e. The van der Waals surface area contributed by atoms with Crippen LogP contribution in [0.25, 0.3) is 0 Å². The van der Waals surface area contributed by atoms with Gasteiger partial charge in [-0.3, -0.25) is 0 Å². The second-order valence-corrected chi connectivity index (χ2v) is 5.29. The molecule has 0 aliphatic carbocycles. The summed E-state index contributed by atoms with van der Waals surface area (Å²) in [5.74, 6) is 1.73. The molecule has 1 aromatic heterocycles. The minimum atomic E-state index is 0.794. The zero-order chi connectivity index (χ0) is 13.5. The summed E-state index contributed by atoms with van der Waals surface area (Å²) in [6.07, 6.45) is 9.25. The minimum absolute atomic E-state index is 0.794. The molecule has 2 rings (SSSR count). The van der Waals surface area contributed by atoms with Crippen LogP contribution in [-0.4, -0.2) is 41.9 Å². The third-order valence-electron chi connectivity index (χ3n) is 3.66. The number of anilines is 2. The first-order valence-corrected chi connectivity index (χ1v) is 7.47. The van der Waals surface area contributed by atoms with Crippen molar-refractivity contribution in [1.29, 1.82) is 0 Å². The molecular weight excluding hydrogens is 238 g/mol. The van der Waals surface area contributed by atoms with Crippen molar-refractivity contribution in [3.63, 3.8) is 0 Å². The van der Waals surface area contributed by atoms with Gasteiger partial charge in [0.25, 0.3) is 0 Å². The highest BCUT2D eigenvalue weighted by molar-refractivity contribution is 5.40. The second kappa shape index (κ2) is 7.26. The summed E-state index contributed by atoms with van der Waals surface area (Å²) in [5, 5.41) is 8.33. The highest BCUT2D eigenvalue weighted by Crippen LogP contribution is 2.17. The van der Waals surface area contributed by atoms with Crippen molar-refractivity contribution in [3.05, 3.63) is 6.20 Å². The van der Waals surface area contributed by atoms with E-state index in [1.807, 2.05) is 0 Å². The van der Waals surface area contributed by atoms with Gasteiger partial charge in [0.1, 0.15) is 0 Å². The summed E-state index contributed by atoms with van der Waals surface area (Å²) < 4.78 is 0. The van der Waals surface area contributed by atoms with Gasteiger partial charge in [-0.05, 0) is 19.3 Å². The Labute approximate surface area is 116 Å². The highest BCUT2D eigenvalue weighted by atomic mass is 15.3. The fourth-order valence-corrected chi connectivity index (χ4v) is 2.38. The normalized spacial score (nSPS) is 16.2. The Kier molecular flexibility index (Phi) is 5.36. The molecule has 0 bridgehead atoms. The van der Waals surface area contributed by atoms with E-state index in [-0.39, 0.29) is 0 Å². The summed E-state index contributed by atoms with van der Waals surface area (Å²) in [4.78, 5) is 9.11. The second-order valence-electron chi connectivity index (χ2n) is 5.29. The van der Waals surface area contributed by atoms with Gasteiger partial charge in [-0.2, -0.15) is 10.1 Å². The van der Waals surface area contributed by atoms with Crippen LogP contribution >= 0.6 is 0 Å². The van der Waals surface area contributed by atoms with Crippen LogP contribution in [0.3, 0.4) is 0 Å². The SMILES string of the molecule is CCCCN(C)c1cnnc(N2CCCCCC2)n1. The van der Waals surface area contributed by atoms with Crippen LogP contribution in [0, 0.1) is 0 Å². The van der Waals surface area contributed by atoms with Crippen LogP contribution in [0.2, 0.25) is 0 Å². The Balaban J connectivity index is 2.04. The Morgan fingerprint density at radius 1 is 1.21 bits per heavy atom. The predicted molar refractivity (Wildman–Crippen MR) is 78.7 cm³/mol. The summed E-state index contributed by atoms with van der Waals surface area (Å²) in [7, 11) is 2.08. The van der Waals surface area contributed by atoms with Crippen LogP contribution in [0.5, 0.6) is 0 Å². The third-order valence-corrected chi connectivity index (χ3v) is 3.66. The smallest absolute Gasteiger partial charge is 0.247 e. The van der Waals surface area contributed by atoms with Gasteiger partial charge in [0.15, 0.2) is 5.82 Å². The Hall–Kier alpha value is -1.39. The summed E-state index contributed by atoms with van der Waals surface area (Å²) in [5.41, 5.74) is 0. The summed E-state index contributed by atoms with van der Waals surface area (Å²) in [6, 6.07) is 0. The van der Waals surface area contributed by atoms with E-state index in [1.54, 1.807) is 6.20 Å². The zero-order valence-corrected chi connectivity index (χ0v) is 12.2. The first-order valence-electron chi connectivity index (χ1n) is 7.47. The standard InChI is InChI=1S/C14H25N5/c1-3-4-9-18(2)13-12-15-17-14(16-13)19-10-7-5-6-8-11-19/h12H,3-11H2,1-2H3. The van der Waals surface area contributed by atoms with Crippen LogP contribution < -0.4 is 9.80 Å². The van der Waals surface area contributed by atoms with E-state index in [0.29, 0.717) is 0 Å². The average molecular weight is 263 g/mol. The maximum atomic E-state index is 4.67. The number of nitrogens with zero attached hydrogens (tertiary/aromatic N) is 5. The van der Waals surface area contributed by atoms with E-state index in [2.05, 4.69) is 39.0 Å². The maximum absolute atomic E-state index is 4.67. The molecule has 5 nitrogen and oxygen atoms in total. The molecular formula is C14H25N5. The van der Waals surface area contributed by atoms with Crippen molar-refractivity contribution in [3.8, 4) is 0 Å². The van der Waals surface area contributed by atoms with Gasteiger partial charge in [0.2, 0.25) is 5.95 Å². The molecule has 0 N–H and O–H groups in total. The lowest BCUT2D eigenvalue weighted by molar-refractivity contribution is 0.726. The highest BCUT2D eigenvalue weighted by Gasteiger charge is 2.14. The van der Waals surface area contributed by atoms with Crippen LogP contribution in [0.4, 0.5) is 11.8 Å². The van der Waals surface area contributed by atoms with Crippen LogP contribution in [0.15, 0.2) is 6.20 Å². The maximum Gasteiger partial charge on any atom is 0.247 e. The third kappa shape index (κ3) is 4.04. The van der Waals surface area contributed by atoms with E-state index in [0.717, 1.165) is 31.4 Å². The fourth-order valence-electron chi connectivity index (χ4n) is 2.38. The molecule has 1 aliphatic heterocycles. The summed E-state index contributed by atoms with van der Waals surface area (Å²) in [6.45, 7) is 5.34. The monoisotopic (exact) mass is 263 g/mol. The molecule has 0 spiro atoms. The topological polar surface area (TPSA) is 45.2 Å². The Morgan fingerprint density at radius 3 is 2.63 bits per heavy atom. The van der Waals surface area contributed by atoms with E-state index in [9.17, 15) is 0 Å². The van der Waals surface area contributed by atoms with Crippen molar-refractivity contribution in [2.24, 2.45) is 0 Å². The number of hydrogen-bond acceptors (Lipinski definition) is 5. The zero-order valence-electron chi connectivity index (χ0n) is 12.2. The first-order chi connectivity index (χ1) is 9.31. The van der Waals surface area contributed by atoms with E-state index >= 15 is 0 Å². The molecule has 0 radical (unpaired) electrons. The molecule has 0 saturated carbocycles. The van der Waals surface area contributed by atoms with E-state index in [4.69, 9.17) is 0 Å². The average Bonchev–Trinajstić information content (AvgIpc) is 2.74. The molecule has 0 aromatic carbocycles. The molecule has 1 aliphatic rings. The fraction of sp³-hybridized carbons (Fsp3) is 0.786. The van der Waals surface area contributed by atoms with Gasteiger partial charge in [-0.25, -0.2) is 0 Å². The van der Waals surface area contributed by atoms with Crippen LogP contribution in [0.1, 0.15) is 45.4 Å². The van der Waals surface area contributed by atoms with Gasteiger partial charge in [-0.1, -0.05) is 26.2 Å². The number of aromatic nitrogens is 3. The van der Waals surface area contributed by atoms with Crippen molar-refractivity contribution in [1.82, 2.24) is 15.2 Å². The number of rotatable bonds is 5. The molecule has 19 heavy (non-hydrogen) atoms. The minimum Gasteiger partial charge on any atom is -0.358 e. The molecule has 5 heteroatoms. The van der Waals surface area contributed by atoms with Gasteiger partial charge < -0.3 is 9.80 Å². The molecule has 0 unspecified atom stereocenters. The quantitative estimate of drug-likeness (QED) is 0.816. The Morgan fingerprint density at radius 2 is 1.95 bits per heavy atom. The predicted octanol–water partition coefficient (Wildman–Crippen LogP) is 2.49. The lowest BCUT2D eigenvalue weighted by atomic mass is 10.2. The molecule has 2 heterocycles. The van der Waals surface area contributed by atoms with Crippen molar-refractivity contribution >= 4 is 11.8 Å². The molecule has 1 saturated heterocycles. The van der Waals surface area contributed by atoms with E-state index in [1.165, 1.54) is 38.5 Å². The van der Waals surface area contributed by atoms with Gasteiger partial charge in [0, 0.05) is 26.7 Å². The molecule has 1 fully saturated rings. The van der Waals surface area contributed by atoms with Crippen molar-refractivity contribution < 1.29 is 0 Å². The van der Waals surface area contributed by atoms with Crippen molar-refractivity contribution in [2.45, 2.75) is 45.4 Å². The Bertz CT molecular complexity index is 374. The van der Waals surface area contributed by atoms with E-state index < -0.39 is 0 Å². The number of unbranched alkanes of at least 4 members (excludes halogenated alkanes) is 1. The van der Waals surface area contributed by atoms with Gasteiger partial charge in [-0.15, -0.1) is 5.10 Å². The van der Waals surface area contributed by atoms with Gasteiger partial charge in [0.05, 0.1) is 6.20 Å². The lowest BCUT2D eigenvalue weighted by Crippen LogP contribution is -2.28. The number of hydrogen-bond donors (Lipinski definition) is 0. The van der Waals surface area contributed by atoms with Gasteiger partial charge >= 0.3 is 0 Å². The molecule has 1 aromatic rings. The van der Waals surface area contributed by atoms with Crippen LogP contribution in [-0.2, 0) is 0 Å². The first kappa shape index (κ1) is 14.0. The lowest BCUT2D eigenvalue weighted by Gasteiger charge is -2.22.